The molecule has 0 aromatic heterocycles. The summed E-state index contributed by atoms with van der Waals surface area (Å²) in [4.78, 5) is 40.9. The highest BCUT2D eigenvalue weighted by molar-refractivity contribution is 5.91. The zero-order valence-corrected chi connectivity index (χ0v) is 27.0. The van der Waals surface area contributed by atoms with Crippen LogP contribution >= 0.6 is 0 Å². The van der Waals surface area contributed by atoms with Crippen LogP contribution in [0.3, 0.4) is 0 Å². The quantitative estimate of drug-likeness (QED) is 0.345. The summed E-state index contributed by atoms with van der Waals surface area (Å²) in [5.74, 6) is -0.763. The van der Waals surface area contributed by atoms with Gasteiger partial charge in [-0.1, -0.05) is 38.6 Å². The van der Waals surface area contributed by atoms with Crippen molar-refractivity contribution in [1.29, 1.82) is 0 Å². The number of hydrogen-bond acceptors (Lipinski definition) is 6. The molecule has 0 spiro atoms. The number of carbonyl (C=O) groups excluding carboxylic acids is 3. The van der Waals surface area contributed by atoms with E-state index in [0.717, 1.165) is 24.0 Å². The molecule has 0 radical (unpaired) electrons. The highest BCUT2D eigenvalue weighted by atomic mass is 19.1. The molecule has 44 heavy (non-hydrogen) atoms. The van der Waals surface area contributed by atoms with Crippen molar-refractivity contribution >= 4 is 17.7 Å². The number of likely N-dealkylation sites (N-methyl/N-ethyl adjacent to an activating group) is 1. The number of aliphatic hydroxyl groups excluding tert-OH is 1. The third-order valence-electron chi connectivity index (χ3n) is 7.56. The second-order valence-corrected chi connectivity index (χ2v) is 11.1. The van der Waals surface area contributed by atoms with Crippen LogP contribution in [0.25, 0.3) is 0 Å². The van der Waals surface area contributed by atoms with Crippen molar-refractivity contribution in [2.45, 2.75) is 90.8 Å². The summed E-state index contributed by atoms with van der Waals surface area (Å²) in [7, 11) is 1.58. The number of rotatable bonds is 6. The lowest BCUT2D eigenvalue weighted by molar-refractivity contribution is -0.137. The highest BCUT2D eigenvalue weighted by Gasteiger charge is 2.38. The van der Waals surface area contributed by atoms with Gasteiger partial charge in [-0.3, -0.25) is 14.4 Å². The Morgan fingerprint density at radius 3 is 2.45 bits per heavy atom. The van der Waals surface area contributed by atoms with Crippen LogP contribution in [-0.2, 0) is 25.5 Å². The van der Waals surface area contributed by atoms with Crippen molar-refractivity contribution in [2.75, 3.05) is 26.7 Å². The lowest BCUT2D eigenvalue weighted by Gasteiger charge is -2.27. The topological polar surface area (TPSA) is 120 Å². The first-order valence-electron chi connectivity index (χ1n) is 15.8. The van der Waals surface area contributed by atoms with E-state index in [9.17, 15) is 23.9 Å². The maximum atomic E-state index is 13.4. The summed E-state index contributed by atoms with van der Waals surface area (Å²) < 4.78 is 19.5. The average Bonchev–Trinajstić information content (AvgIpc) is 3.86. The number of nitrogens with one attached hydrogen (secondary N) is 3. The van der Waals surface area contributed by atoms with Crippen LogP contribution in [0.1, 0.15) is 71.8 Å². The predicted molar refractivity (Wildman–Crippen MR) is 171 cm³/mol. The molecule has 4 N–H and O–H groups in total. The first-order chi connectivity index (χ1) is 21.1. The molecule has 3 atom stereocenters. The van der Waals surface area contributed by atoms with E-state index in [4.69, 9.17) is 4.74 Å². The molecule has 0 saturated heterocycles. The van der Waals surface area contributed by atoms with Crippen molar-refractivity contribution in [3.05, 3.63) is 71.5 Å². The number of amides is 3. The van der Waals surface area contributed by atoms with Gasteiger partial charge in [0.25, 0.3) is 0 Å². The lowest BCUT2D eigenvalue weighted by Crippen LogP contribution is -2.53. The Kier molecular flexibility index (Phi) is 15.7. The minimum atomic E-state index is -0.818. The number of nitrogens with zero attached hydrogens (tertiary/aromatic N) is 1. The molecule has 3 rings (SSSR count). The first-order valence-corrected chi connectivity index (χ1v) is 15.8. The highest BCUT2D eigenvalue weighted by Crippen LogP contribution is 2.33. The molecule has 9 nitrogen and oxygen atoms in total. The molecule has 1 heterocycles. The summed E-state index contributed by atoms with van der Waals surface area (Å²) in [6.45, 7) is 12.1. The largest absolute Gasteiger partial charge is 0.504 e. The maximum absolute atomic E-state index is 13.4. The Labute approximate surface area is 262 Å². The number of aryl methyl sites for hydroxylation is 1. The molecule has 2 aliphatic rings. The Morgan fingerprint density at radius 1 is 1.16 bits per heavy atom. The van der Waals surface area contributed by atoms with E-state index >= 15 is 0 Å². The van der Waals surface area contributed by atoms with E-state index in [1.54, 1.807) is 38.3 Å². The van der Waals surface area contributed by atoms with Crippen LogP contribution < -0.4 is 16.0 Å². The standard InChI is InChI=1S/C32H45FN4O5.C2H6/c1-5-23-9-7-8-18-34-31(40)26(17-12-22-10-15-25(33)16-11-22)36-28(39)20-37(4)32(41)29(24-13-14-24)35-19-21(3)42-30(23)27(38)6-2;1-2/h5-6,10-11,15-16,21,24,26,29,35,38H,1,7-9,12-14,17-20H2,2-4H3,(H,34,40)(H,36,39);1-2H3/b27-6+,30-23-;/t21-,26-,29?;/m1./s1. The molecule has 244 valence electrons. The molecule has 1 aliphatic carbocycles. The fraction of sp³-hybridized carbons (Fsp3) is 0.559. The number of halogens is 1. The maximum Gasteiger partial charge on any atom is 0.242 e. The van der Waals surface area contributed by atoms with Gasteiger partial charge in [0, 0.05) is 20.1 Å². The van der Waals surface area contributed by atoms with Gasteiger partial charge in [-0.2, -0.15) is 0 Å². The zero-order chi connectivity index (χ0) is 32.6. The van der Waals surface area contributed by atoms with Gasteiger partial charge in [0.15, 0.2) is 11.5 Å². The fourth-order valence-corrected chi connectivity index (χ4v) is 4.94. The molecule has 1 aromatic carbocycles. The van der Waals surface area contributed by atoms with Gasteiger partial charge in [0.05, 0.1) is 12.6 Å². The molecule has 10 heteroatoms. The summed E-state index contributed by atoms with van der Waals surface area (Å²) in [6.07, 6.45) is 7.41. The molecule has 1 aromatic rings. The molecule has 1 unspecified atom stereocenters. The van der Waals surface area contributed by atoms with Gasteiger partial charge in [0.1, 0.15) is 18.0 Å². The molecule has 0 bridgehead atoms. The van der Waals surface area contributed by atoms with Crippen molar-refractivity contribution in [2.24, 2.45) is 5.92 Å². The summed E-state index contributed by atoms with van der Waals surface area (Å²) in [6, 6.07) is 4.75. The zero-order valence-electron chi connectivity index (χ0n) is 27.0. The second-order valence-electron chi connectivity index (χ2n) is 11.1. The van der Waals surface area contributed by atoms with Gasteiger partial charge in [0.2, 0.25) is 17.7 Å². The van der Waals surface area contributed by atoms with Gasteiger partial charge in [-0.05, 0) is 94.1 Å². The molecule has 1 saturated carbocycles. The Hall–Kier alpha value is -3.66. The van der Waals surface area contributed by atoms with E-state index in [0.29, 0.717) is 51.0 Å². The van der Waals surface area contributed by atoms with Crippen molar-refractivity contribution in [1.82, 2.24) is 20.9 Å². The SMILES string of the molecule is C=C/C1=C(\C(O)=C/C)O[C@H](C)CNC(C2CC2)C(=O)N(C)CC(=O)N[C@H](CCc2ccc(F)cc2)C(=O)NCCCC1.CC. The van der Waals surface area contributed by atoms with Crippen LogP contribution in [-0.4, -0.2) is 72.6 Å². The second kappa shape index (κ2) is 18.9. The number of hydrogen-bond donors (Lipinski definition) is 4. The number of aliphatic hydroxyl groups is 1. The van der Waals surface area contributed by atoms with E-state index in [1.165, 1.54) is 17.0 Å². The van der Waals surface area contributed by atoms with E-state index < -0.39 is 18.0 Å². The lowest BCUT2D eigenvalue weighted by atomic mass is 10.0. The number of carbonyl (C=O) groups is 3. The van der Waals surface area contributed by atoms with Crippen LogP contribution in [0.5, 0.6) is 0 Å². The van der Waals surface area contributed by atoms with Gasteiger partial charge < -0.3 is 30.7 Å². The summed E-state index contributed by atoms with van der Waals surface area (Å²) in [5, 5.41) is 19.6. The molecule has 1 fully saturated rings. The van der Waals surface area contributed by atoms with Crippen LogP contribution in [0, 0.1) is 11.7 Å². The van der Waals surface area contributed by atoms with Gasteiger partial charge in [-0.25, -0.2) is 4.39 Å². The van der Waals surface area contributed by atoms with Crippen molar-refractivity contribution < 1.29 is 28.6 Å². The van der Waals surface area contributed by atoms with Gasteiger partial charge >= 0.3 is 0 Å². The van der Waals surface area contributed by atoms with Gasteiger partial charge in [-0.15, -0.1) is 0 Å². The van der Waals surface area contributed by atoms with Crippen LogP contribution in [0.15, 0.2) is 60.1 Å². The third-order valence-corrected chi connectivity index (χ3v) is 7.56. The smallest absolute Gasteiger partial charge is 0.242 e. The predicted octanol–water partition coefficient (Wildman–Crippen LogP) is 4.70. The molecular weight excluding hydrogens is 563 g/mol. The number of allylic oxidation sites excluding steroid dienone is 3. The summed E-state index contributed by atoms with van der Waals surface area (Å²) in [5.41, 5.74) is 1.60. The van der Waals surface area contributed by atoms with Crippen molar-refractivity contribution in [3.8, 4) is 0 Å². The Morgan fingerprint density at radius 2 is 1.84 bits per heavy atom. The minimum absolute atomic E-state index is 0.0130. The monoisotopic (exact) mass is 614 g/mol. The van der Waals surface area contributed by atoms with Crippen molar-refractivity contribution in [3.63, 3.8) is 0 Å². The third kappa shape index (κ3) is 11.8. The van der Waals surface area contributed by atoms with E-state index in [-0.39, 0.29) is 42.0 Å². The van der Waals surface area contributed by atoms with E-state index in [1.807, 2.05) is 20.8 Å². The molecule has 1 aliphatic heterocycles. The Bertz CT molecular complexity index is 1160. The van der Waals surface area contributed by atoms with Crippen LogP contribution in [0.4, 0.5) is 4.39 Å². The average molecular weight is 615 g/mol. The number of ether oxygens (including phenoxy) is 1. The normalized spacial score (nSPS) is 25.2. The first kappa shape index (κ1) is 36.5. The minimum Gasteiger partial charge on any atom is -0.504 e. The van der Waals surface area contributed by atoms with E-state index in [2.05, 4.69) is 22.5 Å². The van der Waals surface area contributed by atoms with Crippen LogP contribution in [0.2, 0.25) is 0 Å². The number of benzene rings is 1. The Balaban J connectivity index is 0.00000330. The molecule has 3 amide bonds. The molecular formula is C34H51FN4O5. The summed E-state index contributed by atoms with van der Waals surface area (Å²) >= 11 is 0. The fourth-order valence-electron chi connectivity index (χ4n) is 4.94.